The third-order valence-electron chi connectivity index (χ3n) is 4.09. The number of hydrogen-bond acceptors (Lipinski definition) is 6. The standard InChI is InChI=1S/C19H20N2O5S/c1-13(15-4-7-17-18(10-15)26-9-8-25-17)20-19(22)12-27-11-14-2-5-16(6-3-14)21(23)24/h2-7,10,13H,8-9,11-12H2,1H3,(H,20,22)/t13-/m1/s1. The molecule has 0 saturated carbocycles. The van der Waals surface area contributed by atoms with Gasteiger partial charge in [0.1, 0.15) is 13.2 Å². The van der Waals surface area contributed by atoms with Crippen molar-refractivity contribution < 1.29 is 19.2 Å². The number of amides is 1. The van der Waals surface area contributed by atoms with E-state index in [0.717, 1.165) is 16.9 Å². The molecule has 7 nitrogen and oxygen atoms in total. The molecule has 1 aliphatic rings. The van der Waals surface area contributed by atoms with Gasteiger partial charge in [-0.2, -0.15) is 0 Å². The Morgan fingerprint density at radius 2 is 1.89 bits per heavy atom. The van der Waals surface area contributed by atoms with Gasteiger partial charge in [0.15, 0.2) is 11.5 Å². The number of hydrogen-bond donors (Lipinski definition) is 1. The molecule has 1 atom stereocenters. The third-order valence-corrected chi connectivity index (χ3v) is 5.10. The lowest BCUT2D eigenvalue weighted by molar-refractivity contribution is -0.384. The number of ether oxygens (including phenoxy) is 2. The molecule has 0 fully saturated rings. The lowest BCUT2D eigenvalue weighted by atomic mass is 10.1. The summed E-state index contributed by atoms with van der Waals surface area (Å²) in [6.07, 6.45) is 0. The van der Waals surface area contributed by atoms with Crippen molar-refractivity contribution >= 4 is 23.4 Å². The van der Waals surface area contributed by atoms with Crippen molar-refractivity contribution in [2.75, 3.05) is 19.0 Å². The quantitative estimate of drug-likeness (QED) is 0.577. The minimum atomic E-state index is -0.427. The first-order valence-electron chi connectivity index (χ1n) is 8.53. The van der Waals surface area contributed by atoms with E-state index in [9.17, 15) is 14.9 Å². The first-order valence-corrected chi connectivity index (χ1v) is 9.68. The summed E-state index contributed by atoms with van der Waals surface area (Å²) in [5.41, 5.74) is 1.96. The molecule has 2 aromatic rings. The van der Waals surface area contributed by atoms with Crippen molar-refractivity contribution in [2.24, 2.45) is 0 Å². The Morgan fingerprint density at radius 1 is 1.19 bits per heavy atom. The van der Waals surface area contributed by atoms with Gasteiger partial charge in [-0.05, 0) is 30.2 Å². The molecule has 8 heteroatoms. The maximum Gasteiger partial charge on any atom is 0.269 e. The number of thioether (sulfide) groups is 1. The monoisotopic (exact) mass is 388 g/mol. The molecule has 0 unspecified atom stereocenters. The lowest BCUT2D eigenvalue weighted by Gasteiger charge is -2.21. The zero-order chi connectivity index (χ0) is 19.2. The number of nitrogens with zero attached hydrogens (tertiary/aromatic N) is 1. The molecule has 0 aliphatic carbocycles. The average molecular weight is 388 g/mol. The molecule has 0 radical (unpaired) electrons. The molecule has 142 valence electrons. The number of rotatable bonds is 7. The second-order valence-corrected chi connectivity index (χ2v) is 7.09. The number of nitro groups is 1. The van der Waals surface area contributed by atoms with Gasteiger partial charge >= 0.3 is 0 Å². The van der Waals surface area contributed by atoms with Crippen LogP contribution in [0.15, 0.2) is 42.5 Å². The molecular weight excluding hydrogens is 368 g/mol. The van der Waals surface area contributed by atoms with Crippen LogP contribution in [0.2, 0.25) is 0 Å². The van der Waals surface area contributed by atoms with Gasteiger partial charge < -0.3 is 14.8 Å². The summed E-state index contributed by atoms with van der Waals surface area (Å²) in [6.45, 7) is 2.99. The fourth-order valence-electron chi connectivity index (χ4n) is 2.67. The highest BCUT2D eigenvalue weighted by Crippen LogP contribution is 2.32. The second kappa shape index (κ2) is 8.77. The SMILES string of the molecule is C[C@@H](NC(=O)CSCc1ccc([N+](=O)[O-])cc1)c1ccc2c(c1)OCCO2. The Bertz CT molecular complexity index is 825. The molecule has 3 rings (SSSR count). The number of nitro benzene ring substituents is 1. The highest BCUT2D eigenvalue weighted by atomic mass is 32.2. The Labute approximate surface area is 161 Å². The molecule has 1 amide bonds. The van der Waals surface area contributed by atoms with Crippen LogP contribution >= 0.6 is 11.8 Å². The Hall–Kier alpha value is -2.74. The first kappa shape index (κ1) is 19.0. The van der Waals surface area contributed by atoms with Crippen molar-refractivity contribution in [1.82, 2.24) is 5.32 Å². The first-order chi connectivity index (χ1) is 13.0. The molecule has 0 bridgehead atoms. The number of fused-ring (bicyclic) bond motifs is 1. The van der Waals surface area contributed by atoms with E-state index in [1.54, 1.807) is 12.1 Å². The van der Waals surface area contributed by atoms with Crippen LogP contribution < -0.4 is 14.8 Å². The molecule has 0 aromatic heterocycles. The summed E-state index contributed by atoms with van der Waals surface area (Å²) >= 11 is 1.46. The van der Waals surface area contributed by atoms with Crippen molar-refractivity contribution in [3.05, 3.63) is 63.7 Å². The number of carbonyl (C=O) groups is 1. The average Bonchev–Trinajstić information content (AvgIpc) is 2.68. The van der Waals surface area contributed by atoms with E-state index in [-0.39, 0.29) is 17.6 Å². The normalized spacial score (nSPS) is 13.7. The molecule has 2 aromatic carbocycles. The van der Waals surface area contributed by atoms with Gasteiger partial charge in [0.25, 0.3) is 5.69 Å². The smallest absolute Gasteiger partial charge is 0.269 e. The molecule has 1 aliphatic heterocycles. The highest BCUT2D eigenvalue weighted by Gasteiger charge is 2.16. The molecule has 27 heavy (non-hydrogen) atoms. The van der Waals surface area contributed by atoms with E-state index in [1.165, 1.54) is 23.9 Å². The maximum atomic E-state index is 12.2. The predicted octanol–water partition coefficient (Wildman–Crippen LogP) is 3.48. The third kappa shape index (κ3) is 5.13. The van der Waals surface area contributed by atoms with Crippen LogP contribution in [0.25, 0.3) is 0 Å². The van der Waals surface area contributed by atoms with Crippen LogP contribution in [-0.2, 0) is 10.5 Å². The largest absolute Gasteiger partial charge is 0.486 e. The topological polar surface area (TPSA) is 90.7 Å². The van der Waals surface area contributed by atoms with Crippen molar-refractivity contribution in [2.45, 2.75) is 18.7 Å². The van der Waals surface area contributed by atoms with Crippen LogP contribution in [-0.4, -0.2) is 29.8 Å². The van der Waals surface area contributed by atoms with Gasteiger partial charge in [-0.1, -0.05) is 18.2 Å². The van der Waals surface area contributed by atoms with Crippen LogP contribution in [0.1, 0.15) is 24.1 Å². The van der Waals surface area contributed by atoms with E-state index in [1.807, 2.05) is 25.1 Å². The van der Waals surface area contributed by atoms with Gasteiger partial charge in [0.05, 0.1) is 16.7 Å². The van der Waals surface area contributed by atoms with Gasteiger partial charge in [-0.3, -0.25) is 14.9 Å². The molecule has 0 spiro atoms. The maximum absolute atomic E-state index is 12.2. The van der Waals surface area contributed by atoms with E-state index in [2.05, 4.69) is 5.32 Å². The predicted molar refractivity (Wildman–Crippen MR) is 103 cm³/mol. The number of benzene rings is 2. The zero-order valence-corrected chi connectivity index (χ0v) is 15.7. The minimum absolute atomic E-state index is 0.0646. The summed E-state index contributed by atoms with van der Waals surface area (Å²) in [5.74, 6) is 2.29. The van der Waals surface area contributed by atoms with Crippen molar-refractivity contribution in [1.29, 1.82) is 0 Å². The van der Waals surface area contributed by atoms with Crippen LogP contribution in [0.5, 0.6) is 11.5 Å². The molecule has 1 N–H and O–H groups in total. The van der Waals surface area contributed by atoms with E-state index >= 15 is 0 Å². The highest BCUT2D eigenvalue weighted by molar-refractivity contribution is 7.99. The lowest BCUT2D eigenvalue weighted by Crippen LogP contribution is -2.28. The summed E-state index contributed by atoms with van der Waals surface area (Å²) < 4.78 is 11.1. The summed E-state index contributed by atoms with van der Waals surface area (Å²) in [7, 11) is 0. The summed E-state index contributed by atoms with van der Waals surface area (Å²) in [6, 6.07) is 11.9. The van der Waals surface area contributed by atoms with Crippen LogP contribution in [0.4, 0.5) is 5.69 Å². The van der Waals surface area contributed by atoms with Crippen LogP contribution in [0, 0.1) is 10.1 Å². The minimum Gasteiger partial charge on any atom is -0.486 e. The van der Waals surface area contributed by atoms with Gasteiger partial charge in [0, 0.05) is 17.9 Å². The van der Waals surface area contributed by atoms with Gasteiger partial charge in [0.2, 0.25) is 5.91 Å². The summed E-state index contributed by atoms with van der Waals surface area (Å²) in [4.78, 5) is 22.4. The fraction of sp³-hybridized carbons (Fsp3) is 0.316. The number of nitrogens with one attached hydrogen (secondary N) is 1. The van der Waals surface area contributed by atoms with Gasteiger partial charge in [-0.25, -0.2) is 0 Å². The summed E-state index contributed by atoms with van der Waals surface area (Å²) in [5, 5.41) is 13.6. The van der Waals surface area contributed by atoms with Crippen molar-refractivity contribution in [3.8, 4) is 11.5 Å². The number of carbonyl (C=O) groups excluding carboxylic acids is 1. The number of non-ortho nitro benzene ring substituents is 1. The zero-order valence-electron chi connectivity index (χ0n) is 14.8. The Kier molecular flexibility index (Phi) is 6.18. The fourth-order valence-corrected chi connectivity index (χ4v) is 3.47. The second-order valence-electron chi connectivity index (χ2n) is 6.11. The van der Waals surface area contributed by atoms with E-state index in [0.29, 0.717) is 30.5 Å². The molecular formula is C19H20N2O5S. The molecule has 0 saturated heterocycles. The van der Waals surface area contributed by atoms with E-state index < -0.39 is 4.92 Å². The van der Waals surface area contributed by atoms with Crippen LogP contribution in [0.3, 0.4) is 0 Å². The molecule has 1 heterocycles. The Morgan fingerprint density at radius 3 is 2.59 bits per heavy atom. The van der Waals surface area contributed by atoms with Gasteiger partial charge in [-0.15, -0.1) is 11.8 Å². The van der Waals surface area contributed by atoms with E-state index in [4.69, 9.17) is 9.47 Å². The Balaban J connectivity index is 1.46. The van der Waals surface area contributed by atoms with Crippen molar-refractivity contribution in [3.63, 3.8) is 0 Å².